The number of hydrogen-bond acceptors (Lipinski definition) is 3. The minimum atomic E-state index is 0.0468. The normalized spacial score (nSPS) is 12.7. The Morgan fingerprint density at radius 3 is 2.56 bits per heavy atom. The van der Waals surface area contributed by atoms with Gasteiger partial charge in [0, 0.05) is 30.6 Å². The Morgan fingerprint density at radius 1 is 1.22 bits per heavy atom. The van der Waals surface area contributed by atoms with Crippen LogP contribution in [-0.4, -0.2) is 0 Å². The van der Waals surface area contributed by atoms with Crippen LogP contribution >= 0.6 is 54.8 Å². The minimum absolute atomic E-state index is 0.0468. The van der Waals surface area contributed by atoms with Gasteiger partial charge in [0.2, 0.25) is 0 Å². The number of nitrogens with one attached hydrogen (secondary N) is 1. The fourth-order valence-electron chi connectivity index (χ4n) is 1.71. The third-order valence-corrected chi connectivity index (χ3v) is 4.91. The van der Waals surface area contributed by atoms with Gasteiger partial charge in [-0.3, -0.25) is 11.3 Å². The zero-order valence-corrected chi connectivity index (χ0v) is 14.0. The molecule has 1 heterocycles. The molecule has 1 aromatic carbocycles. The average Bonchev–Trinajstić information content (AvgIpc) is 2.70. The molecule has 0 saturated carbocycles. The van der Waals surface area contributed by atoms with E-state index >= 15 is 0 Å². The van der Waals surface area contributed by atoms with Crippen molar-refractivity contribution in [3.8, 4) is 0 Å². The van der Waals surface area contributed by atoms with Crippen molar-refractivity contribution in [2.45, 2.75) is 12.5 Å². The summed E-state index contributed by atoms with van der Waals surface area (Å²) in [4.78, 5) is 1.26. The lowest BCUT2D eigenvalue weighted by Crippen LogP contribution is -2.29. The molecule has 1 unspecified atom stereocenters. The summed E-state index contributed by atoms with van der Waals surface area (Å²) in [5.74, 6) is 5.64. The lowest BCUT2D eigenvalue weighted by molar-refractivity contribution is 0.555. The lowest BCUT2D eigenvalue weighted by atomic mass is 10.0. The average molecular weight is 411 g/mol. The zero-order chi connectivity index (χ0) is 13.1. The van der Waals surface area contributed by atoms with E-state index in [1.165, 1.54) is 4.88 Å². The third kappa shape index (κ3) is 3.79. The lowest BCUT2D eigenvalue weighted by Gasteiger charge is -2.16. The van der Waals surface area contributed by atoms with E-state index in [0.717, 1.165) is 20.9 Å². The predicted molar refractivity (Wildman–Crippen MR) is 84.9 cm³/mol. The summed E-state index contributed by atoms with van der Waals surface area (Å²) in [5.41, 5.74) is 3.91. The van der Waals surface area contributed by atoms with Crippen molar-refractivity contribution >= 4 is 54.8 Å². The Hall–Kier alpha value is 0.0900. The second kappa shape index (κ2) is 6.50. The van der Waals surface area contributed by atoms with Crippen LogP contribution in [-0.2, 0) is 6.42 Å². The van der Waals surface area contributed by atoms with Crippen LogP contribution in [0.2, 0.25) is 5.02 Å². The molecule has 0 aliphatic heterocycles. The molecule has 1 atom stereocenters. The Labute approximate surface area is 132 Å². The number of hydrazine groups is 1. The van der Waals surface area contributed by atoms with E-state index < -0.39 is 0 Å². The number of benzene rings is 1. The summed E-state index contributed by atoms with van der Waals surface area (Å²) in [6.07, 6.45) is 0.833. The Morgan fingerprint density at radius 2 is 2.00 bits per heavy atom. The summed E-state index contributed by atoms with van der Waals surface area (Å²) >= 11 is 14.7. The van der Waals surface area contributed by atoms with Crippen molar-refractivity contribution in [1.82, 2.24) is 5.43 Å². The van der Waals surface area contributed by atoms with Crippen LogP contribution in [0.1, 0.15) is 16.5 Å². The first-order valence-corrected chi connectivity index (χ1v) is 8.08. The van der Waals surface area contributed by atoms with E-state index in [1.54, 1.807) is 11.3 Å². The SMILES string of the molecule is NNC(Cc1cc(Br)cs1)c1cc(Cl)cc(Br)c1. The highest BCUT2D eigenvalue weighted by Gasteiger charge is 2.13. The standard InChI is InChI=1S/C12H11Br2ClN2S/c13-8-1-7(2-10(15)3-8)12(17-16)5-11-4-9(14)6-18-11/h1-4,6,12,17H,5,16H2. The second-order valence-electron chi connectivity index (χ2n) is 3.86. The molecule has 2 aromatic rings. The molecule has 0 spiro atoms. The second-order valence-corrected chi connectivity index (χ2v) is 7.12. The van der Waals surface area contributed by atoms with E-state index in [1.807, 2.05) is 18.2 Å². The van der Waals surface area contributed by atoms with Gasteiger partial charge in [-0.15, -0.1) is 11.3 Å². The topological polar surface area (TPSA) is 38.0 Å². The maximum atomic E-state index is 6.05. The van der Waals surface area contributed by atoms with Crippen molar-refractivity contribution in [3.05, 3.63) is 54.1 Å². The number of thiophene rings is 1. The van der Waals surface area contributed by atoms with Crippen molar-refractivity contribution in [1.29, 1.82) is 0 Å². The Bertz CT molecular complexity index is 524. The van der Waals surface area contributed by atoms with Gasteiger partial charge in [0.05, 0.1) is 6.04 Å². The van der Waals surface area contributed by atoms with Gasteiger partial charge in [0.25, 0.3) is 0 Å². The van der Waals surface area contributed by atoms with Crippen LogP contribution in [0.15, 0.2) is 38.6 Å². The quantitative estimate of drug-likeness (QED) is 0.568. The van der Waals surface area contributed by atoms with Crippen LogP contribution in [0.25, 0.3) is 0 Å². The molecule has 2 nitrogen and oxygen atoms in total. The molecule has 18 heavy (non-hydrogen) atoms. The van der Waals surface area contributed by atoms with Crippen molar-refractivity contribution in [3.63, 3.8) is 0 Å². The highest BCUT2D eigenvalue weighted by Crippen LogP contribution is 2.28. The van der Waals surface area contributed by atoms with Crippen molar-refractivity contribution in [2.24, 2.45) is 5.84 Å². The van der Waals surface area contributed by atoms with Crippen LogP contribution in [0, 0.1) is 0 Å². The highest BCUT2D eigenvalue weighted by atomic mass is 79.9. The third-order valence-electron chi connectivity index (χ3n) is 2.52. The molecule has 2 rings (SSSR count). The van der Waals surface area contributed by atoms with Gasteiger partial charge in [0.15, 0.2) is 0 Å². The first-order valence-electron chi connectivity index (χ1n) is 5.23. The van der Waals surface area contributed by atoms with Crippen LogP contribution in [0.3, 0.4) is 0 Å². The van der Waals surface area contributed by atoms with Crippen molar-refractivity contribution < 1.29 is 0 Å². The predicted octanol–water partition coefficient (Wildman–Crippen LogP) is 4.67. The van der Waals surface area contributed by atoms with Crippen LogP contribution in [0.4, 0.5) is 0 Å². The first kappa shape index (κ1) is 14.5. The molecule has 0 aliphatic carbocycles. The number of hydrogen-bond donors (Lipinski definition) is 2. The van der Waals surface area contributed by atoms with E-state index in [9.17, 15) is 0 Å². The molecule has 0 bridgehead atoms. The number of nitrogens with two attached hydrogens (primary N) is 1. The van der Waals surface area contributed by atoms with E-state index in [-0.39, 0.29) is 6.04 Å². The maximum Gasteiger partial charge on any atom is 0.0509 e. The van der Waals surface area contributed by atoms with Gasteiger partial charge in [0.1, 0.15) is 0 Å². The molecule has 0 amide bonds. The monoisotopic (exact) mass is 408 g/mol. The Balaban J connectivity index is 2.22. The summed E-state index contributed by atoms with van der Waals surface area (Å²) in [7, 11) is 0. The molecule has 0 fully saturated rings. The molecule has 0 aliphatic rings. The molecular formula is C12H11Br2ClN2S. The molecule has 0 radical (unpaired) electrons. The van der Waals surface area contributed by atoms with Gasteiger partial charge < -0.3 is 0 Å². The maximum absolute atomic E-state index is 6.05. The zero-order valence-electron chi connectivity index (χ0n) is 9.29. The highest BCUT2D eigenvalue weighted by molar-refractivity contribution is 9.10. The number of rotatable bonds is 4. The van der Waals surface area contributed by atoms with Gasteiger partial charge in [-0.1, -0.05) is 27.5 Å². The molecule has 6 heteroatoms. The number of halogens is 3. The summed E-state index contributed by atoms with van der Waals surface area (Å²) < 4.78 is 2.06. The van der Waals surface area contributed by atoms with Crippen LogP contribution < -0.4 is 11.3 Å². The first-order chi connectivity index (χ1) is 8.58. The largest absolute Gasteiger partial charge is 0.271 e. The smallest absolute Gasteiger partial charge is 0.0509 e. The van der Waals surface area contributed by atoms with Gasteiger partial charge in [-0.25, -0.2) is 0 Å². The Kier molecular flexibility index (Phi) is 5.24. The van der Waals surface area contributed by atoms with E-state index in [0.29, 0.717) is 5.02 Å². The van der Waals surface area contributed by atoms with E-state index in [4.69, 9.17) is 17.4 Å². The summed E-state index contributed by atoms with van der Waals surface area (Å²) in [6, 6.07) is 7.97. The summed E-state index contributed by atoms with van der Waals surface area (Å²) in [5, 5.41) is 2.77. The van der Waals surface area contributed by atoms with Gasteiger partial charge in [-0.2, -0.15) is 0 Å². The molecule has 3 N–H and O–H groups in total. The van der Waals surface area contributed by atoms with Gasteiger partial charge >= 0.3 is 0 Å². The van der Waals surface area contributed by atoms with Gasteiger partial charge in [-0.05, 0) is 45.8 Å². The fraction of sp³-hybridized carbons (Fsp3) is 0.167. The van der Waals surface area contributed by atoms with E-state index in [2.05, 4.69) is 48.7 Å². The fourth-order valence-corrected chi connectivity index (χ4v) is 4.10. The minimum Gasteiger partial charge on any atom is -0.271 e. The molecule has 96 valence electrons. The summed E-state index contributed by atoms with van der Waals surface area (Å²) in [6.45, 7) is 0. The van der Waals surface area contributed by atoms with Crippen molar-refractivity contribution in [2.75, 3.05) is 0 Å². The molecule has 0 saturated heterocycles. The van der Waals surface area contributed by atoms with Crippen LogP contribution in [0.5, 0.6) is 0 Å². The molecular weight excluding hydrogens is 399 g/mol. The molecule has 1 aromatic heterocycles.